The molecule has 178 valence electrons. The predicted octanol–water partition coefficient (Wildman–Crippen LogP) is 3.41. The van der Waals surface area contributed by atoms with Gasteiger partial charge < -0.3 is 19.7 Å². The summed E-state index contributed by atoms with van der Waals surface area (Å²) in [5.41, 5.74) is -0.209. The Hall–Kier alpha value is -3.39. The van der Waals surface area contributed by atoms with Gasteiger partial charge in [0.25, 0.3) is 5.56 Å². The number of carbonyl (C=O) groups excluding carboxylic acids is 1. The van der Waals surface area contributed by atoms with Crippen LogP contribution in [0.2, 0.25) is 0 Å². The molecule has 34 heavy (non-hydrogen) atoms. The van der Waals surface area contributed by atoms with Gasteiger partial charge in [0.2, 0.25) is 0 Å². The Morgan fingerprint density at radius 2 is 1.91 bits per heavy atom. The minimum Gasteiger partial charge on any atom is -0.467 e. The van der Waals surface area contributed by atoms with Crippen LogP contribution in [-0.4, -0.2) is 44.3 Å². The van der Waals surface area contributed by atoms with Crippen LogP contribution in [0.3, 0.4) is 0 Å². The number of benzene rings is 1. The molecular weight excluding hydrogens is 432 g/mol. The van der Waals surface area contributed by atoms with Gasteiger partial charge in [0.05, 0.1) is 37.0 Å². The van der Waals surface area contributed by atoms with Gasteiger partial charge in [-0.1, -0.05) is 43.2 Å². The fourth-order valence-corrected chi connectivity index (χ4v) is 5.55. The molecule has 2 amide bonds. The van der Waals surface area contributed by atoms with Gasteiger partial charge in [-0.15, -0.1) is 0 Å². The van der Waals surface area contributed by atoms with Crippen molar-refractivity contribution in [2.75, 3.05) is 13.1 Å². The van der Waals surface area contributed by atoms with Crippen LogP contribution in [0, 0.1) is 5.41 Å². The Balaban J connectivity index is 1.32. The van der Waals surface area contributed by atoms with E-state index in [0.717, 1.165) is 31.2 Å². The molecule has 1 spiro atoms. The summed E-state index contributed by atoms with van der Waals surface area (Å²) < 4.78 is 6.81. The summed E-state index contributed by atoms with van der Waals surface area (Å²) in [4.78, 5) is 32.1. The van der Waals surface area contributed by atoms with E-state index in [2.05, 4.69) is 10.3 Å². The van der Waals surface area contributed by atoms with Crippen LogP contribution in [0.1, 0.15) is 37.9 Å². The van der Waals surface area contributed by atoms with Gasteiger partial charge in [0, 0.05) is 30.1 Å². The Morgan fingerprint density at radius 1 is 1.12 bits per heavy atom. The number of carbonyl (C=O) groups is 1. The lowest BCUT2D eigenvalue weighted by Gasteiger charge is -2.52. The second-order valence-corrected chi connectivity index (χ2v) is 9.53. The first-order chi connectivity index (χ1) is 16.5. The minimum atomic E-state index is -1.08. The zero-order valence-electron chi connectivity index (χ0n) is 19.2. The van der Waals surface area contributed by atoms with Crippen molar-refractivity contribution in [2.45, 2.75) is 50.8 Å². The molecular formula is C26H30N4O4. The lowest BCUT2D eigenvalue weighted by Crippen LogP contribution is -2.63. The van der Waals surface area contributed by atoms with Crippen LogP contribution >= 0.6 is 0 Å². The van der Waals surface area contributed by atoms with Crippen LogP contribution in [0.5, 0.6) is 0 Å². The average Bonchev–Trinajstić information content (AvgIpc) is 3.55. The number of amides is 2. The van der Waals surface area contributed by atoms with Crippen molar-refractivity contribution >= 4 is 6.03 Å². The van der Waals surface area contributed by atoms with Crippen LogP contribution in [-0.2, 0) is 13.1 Å². The summed E-state index contributed by atoms with van der Waals surface area (Å²) in [6.45, 7) is 1.40. The third-order valence-corrected chi connectivity index (χ3v) is 7.50. The molecule has 0 bridgehead atoms. The maximum Gasteiger partial charge on any atom is 0.317 e. The first-order valence-corrected chi connectivity index (χ1v) is 11.9. The highest BCUT2D eigenvalue weighted by Crippen LogP contribution is 2.51. The van der Waals surface area contributed by atoms with Crippen LogP contribution in [0.25, 0.3) is 11.3 Å². The van der Waals surface area contributed by atoms with E-state index in [1.54, 1.807) is 17.2 Å². The van der Waals surface area contributed by atoms with Gasteiger partial charge in [0.15, 0.2) is 0 Å². The lowest BCUT2D eigenvalue weighted by molar-refractivity contribution is -0.135. The number of aliphatic hydroxyl groups is 1. The van der Waals surface area contributed by atoms with E-state index in [9.17, 15) is 14.7 Å². The summed E-state index contributed by atoms with van der Waals surface area (Å²) >= 11 is 0. The van der Waals surface area contributed by atoms with Crippen molar-refractivity contribution in [3.63, 3.8) is 0 Å². The van der Waals surface area contributed by atoms with E-state index in [0.29, 0.717) is 37.5 Å². The molecule has 3 aromatic rings. The van der Waals surface area contributed by atoms with Gasteiger partial charge in [-0.05, 0) is 31.4 Å². The molecule has 1 saturated carbocycles. The molecule has 2 aromatic heterocycles. The Morgan fingerprint density at radius 3 is 2.62 bits per heavy atom. The number of nitrogens with zero attached hydrogens (tertiary/aromatic N) is 3. The van der Waals surface area contributed by atoms with E-state index in [1.807, 2.05) is 36.4 Å². The Bertz CT molecular complexity index is 1190. The highest BCUT2D eigenvalue weighted by atomic mass is 16.3. The third kappa shape index (κ3) is 4.25. The third-order valence-electron chi connectivity index (χ3n) is 7.50. The fourth-order valence-electron chi connectivity index (χ4n) is 5.55. The number of rotatable bonds is 5. The Labute approximate surface area is 198 Å². The normalized spacial score (nSPS) is 21.6. The van der Waals surface area contributed by atoms with E-state index in [-0.39, 0.29) is 18.1 Å². The van der Waals surface area contributed by atoms with E-state index in [1.165, 1.54) is 17.0 Å². The van der Waals surface area contributed by atoms with Crippen LogP contribution in [0.15, 0.2) is 70.3 Å². The molecule has 3 heterocycles. The second-order valence-electron chi connectivity index (χ2n) is 9.53. The molecule has 1 aliphatic carbocycles. The minimum absolute atomic E-state index is 0.157. The average molecular weight is 463 g/mol. The van der Waals surface area contributed by atoms with Gasteiger partial charge in [-0.2, -0.15) is 0 Å². The number of likely N-dealkylation sites (tertiary alicyclic amines) is 1. The summed E-state index contributed by atoms with van der Waals surface area (Å²) in [5, 5.41) is 14.8. The van der Waals surface area contributed by atoms with Crippen LogP contribution in [0.4, 0.5) is 4.79 Å². The molecule has 0 radical (unpaired) electrons. The van der Waals surface area contributed by atoms with Crippen molar-refractivity contribution in [3.8, 4) is 11.3 Å². The summed E-state index contributed by atoms with van der Waals surface area (Å²) in [5.74, 6) is 0.697. The molecule has 8 nitrogen and oxygen atoms in total. The molecule has 1 aromatic carbocycles. The summed E-state index contributed by atoms with van der Waals surface area (Å²) in [6, 6.07) is 14.6. The first kappa shape index (κ1) is 22.4. The number of urea groups is 1. The molecule has 1 aliphatic heterocycles. The predicted molar refractivity (Wildman–Crippen MR) is 127 cm³/mol. The zero-order valence-corrected chi connectivity index (χ0v) is 19.2. The molecule has 1 atom stereocenters. The molecule has 2 N–H and O–H groups in total. The van der Waals surface area contributed by atoms with Crippen LogP contribution < -0.4 is 10.9 Å². The van der Waals surface area contributed by atoms with Gasteiger partial charge in [-0.3, -0.25) is 9.36 Å². The van der Waals surface area contributed by atoms with Crippen molar-refractivity contribution in [1.82, 2.24) is 19.8 Å². The quantitative estimate of drug-likeness (QED) is 0.605. The number of aromatic nitrogens is 2. The topological polar surface area (TPSA) is 101 Å². The van der Waals surface area contributed by atoms with Crippen molar-refractivity contribution < 1.29 is 14.3 Å². The summed E-state index contributed by atoms with van der Waals surface area (Å²) in [6.07, 6.45) is 7.20. The van der Waals surface area contributed by atoms with Crippen molar-refractivity contribution in [2.24, 2.45) is 5.41 Å². The van der Waals surface area contributed by atoms with Crippen molar-refractivity contribution in [1.29, 1.82) is 0 Å². The Kier molecular flexibility index (Phi) is 6.00. The van der Waals surface area contributed by atoms with Gasteiger partial charge in [0.1, 0.15) is 5.76 Å². The van der Waals surface area contributed by atoms with Crippen molar-refractivity contribution in [3.05, 3.63) is 77.2 Å². The SMILES string of the molecule is O=C(NCc1ccco1)N1CC[C@@](O)(Cn2cnc(-c3ccccc3)cc2=O)C2(CCCC2)C1. The highest BCUT2D eigenvalue weighted by Gasteiger charge is 2.55. The lowest BCUT2D eigenvalue weighted by atomic mass is 9.66. The van der Waals surface area contributed by atoms with E-state index in [4.69, 9.17) is 4.42 Å². The summed E-state index contributed by atoms with van der Waals surface area (Å²) in [7, 11) is 0. The molecule has 0 unspecified atom stereocenters. The largest absolute Gasteiger partial charge is 0.467 e. The maximum absolute atomic E-state index is 12.9. The molecule has 5 rings (SSSR count). The molecule has 8 heteroatoms. The number of piperidine rings is 1. The standard InChI is InChI=1S/C26H30N4O4/c31-23-15-22(20-7-2-1-3-8-20)28-19-30(23)18-26(33)12-13-29(17-25(26)10-4-5-11-25)24(32)27-16-21-9-6-14-34-21/h1-3,6-9,14-15,19,33H,4-5,10-13,16-18H2,(H,27,32)/t26-/m1/s1. The number of hydrogen-bond acceptors (Lipinski definition) is 5. The highest BCUT2D eigenvalue weighted by molar-refractivity contribution is 5.74. The second kappa shape index (κ2) is 9.10. The zero-order chi connectivity index (χ0) is 23.6. The monoisotopic (exact) mass is 462 g/mol. The molecule has 2 fully saturated rings. The smallest absolute Gasteiger partial charge is 0.317 e. The maximum atomic E-state index is 12.9. The molecule has 1 saturated heterocycles. The molecule has 2 aliphatic rings. The van der Waals surface area contributed by atoms with E-state index < -0.39 is 11.0 Å². The number of nitrogens with one attached hydrogen (secondary N) is 1. The van der Waals surface area contributed by atoms with Gasteiger partial charge in [-0.25, -0.2) is 9.78 Å². The number of hydrogen-bond donors (Lipinski definition) is 2. The number of furan rings is 1. The van der Waals surface area contributed by atoms with Gasteiger partial charge >= 0.3 is 6.03 Å². The van der Waals surface area contributed by atoms with E-state index >= 15 is 0 Å². The first-order valence-electron chi connectivity index (χ1n) is 11.9. The fraction of sp³-hybridized carbons (Fsp3) is 0.423.